The molecule has 3 rings (SSSR count). The molecule has 2 aromatic heterocycles. The van der Waals surface area contributed by atoms with Crippen LogP contribution in [0.15, 0.2) is 21.5 Å². The Morgan fingerprint density at radius 2 is 2.24 bits per heavy atom. The van der Waals surface area contributed by atoms with Crippen molar-refractivity contribution in [1.29, 1.82) is 0 Å². The average Bonchev–Trinajstić information content (AvgIpc) is 3.00. The second kappa shape index (κ2) is 4.10. The summed E-state index contributed by atoms with van der Waals surface area (Å²) in [5.41, 5.74) is 1.64. The molecule has 6 heteroatoms. The Balaban J connectivity index is 1.90. The Morgan fingerprint density at radius 3 is 2.82 bits per heavy atom. The van der Waals surface area contributed by atoms with Crippen molar-refractivity contribution in [3.63, 3.8) is 0 Å². The molecule has 0 radical (unpaired) electrons. The highest BCUT2D eigenvalue weighted by atomic mass is 79.9. The molecule has 1 aliphatic rings. The van der Waals surface area contributed by atoms with Gasteiger partial charge in [-0.3, -0.25) is 0 Å². The Labute approximate surface area is 106 Å². The van der Waals surface area contributed by atoms with Crippen molar-refractivity contribution in [1.82, 2.24) is 15.2 Å². The third-order valence-electron chi connectivity index (χ3n) is 2.48. The molecule has 17 heavy (non-hydrogen) atoms. The van der Waals surface area contributed by atoms with Gasteiger partial charge in [-0.05, 0) is 31.4 Å². The van der Waals surface area contributed by atoms with Gasteiger partial charge in [0, 0.05) is 15.9 Å². The Morgan fingerprint density at radius 1 is 1.41 bits per heavy atom. The molecule has 2 heterocycles. The minimum Gasteiger partial charge on any atom is -0.489 e. The first-order valence-electron chi connectivity index (χ1n) is 5.35. The van der Waals surface area contributed by atoms with E-state index < -0.39 is 0 Å². The van der Waals surface area contributed by atoms with E-state index in [2.05, 4.69) is 31.1 Å². The standard InChI is InChI=1S/C11H10BrN3O2/c1-6-4-8(16-7-2-3-7)5-13-9(6)10-14-15-11(12)17-10/h4-5,7H,2-3H2,1H3. The van der Waals surface area contributed by atoms with Gasteiger partial charge in [-0.15, -0.1) is 10.2 Å². The van der Waals surface area contributed by atoms with Gasteiger partial charge in [0.15, 0.2) is 0 Å². The highest BCUT2D eigenvalue weighted by molar-refractivity contribution is 9.10. The molecule has 0 bridgehead atoms. The number of halogens is 1. The smallest absolute Gasteiger partial charge is 0.285 e. The lowest BCUT2D eigenvalue weighted by Crippen LogP contribution is -1.98. The summed E-state index contributed by atoms with van der Waals surface area (Å²) in [6.45, 7) is 1.94. The van der Waals surface area contributed by atoms with Gasteiger partial charge < -0.3 is 9.15 Å². The Hall–Kier alpha value is -1.43. The molecule has 1 saturated carbocycles. The molecule has 0 aliphatic heterocycles. The average molecular weight is 296 g/mol. The minimum atomic E-state index is 0.354. The third-order valence-corrected chi connectivity index (χ3v) is 2.80. The van der Waals surface area contributed by atoms with Crippen LogP contribution in [0.5, 0.6) is 5.75 Å². The number of hydrogen-bond acceptors (Lipinski definition) is 5. The largest absolute Gasteiger partial charge is 0.489 e. The van der Waals surface area contributed by atoms with Gasteiger partial charge in [0.25, 0.3) is 10.7 Å². The van der Waals surface area contributed by atoms with Crippen LogP contribution in [0, 0.1) is 6.92 Å². The molecule has 1 aliphatic carbocycles. The molecule has 0 atom stereocenters. The van der Waals surface area contributed by atoms with Crippen LogP contribution in [0.3, 0.4) is 0 Å². The van der Waals surface area contributed by atoms with Gasteiger partial charge in [-0.2, -0.15) is 0 Å². The second-order valence-electron chi connectivity index (χ2n) is 4.01. The summed E-state index contributed by atoms with van der Waals surface area (Å²) in [6.07, 6.45) is 4.34. The van der Waals surface area contributed by atoms with Crippen LogP contribution in [0.1, 0.15) is 18.4 Å². The maximum atomic E-state index is 5.66. The first-order valence-corrected chi connectivity index (χ1v) is 6.14. The van der Waals surface area contributed by atoms with Gasteiger partial charge in [-0.1, -0.05) is 0 Å². The SMILES string of the molecule is Cc1cc(OC2CC2)cnc1-c1nnc(Br)o1. The van der Waals surface area contributed by atoms with Crippen molar-refractivity contribution in [2.24, 2.45) is 0 Å². The van der Waals surface area contributed by atoms with E-state index in [0.717, 1.165) is 24.2 Å². The molecule has 0 spiro atoms. The predicted molar refractivity (Wildman–Crippen MR) is 63.6 cm³/mol. The van der Waals surface area contributed by atoms with Crippen LogP contribution < -0.4 is 4.74 Å². The summed E-state index contributed by atoms with van der Waals surface area (Å²) in [6, 6.07) is 1.94. The van der Waals surface area contributed by atoms with E-state index in [1.54, 1.807) is 6.20 Å². The molecule has 1 fully saturated rings. The highest BCUT2D eigenvalue weighted by Gasteiger charge is 2.24. The predicted octanol–water partition coefficient (Wildman–Crippen LogP) is 2.74. The molecule has 0 unspecified atom stereocenters. The van der Waals surface area contributed by atoms with Crippen LogP contribution in [-0.2, 0) is 0 Å². The second-order valence-corrected chi connectivity index (χ2v) is 4.69. The zero-order valence-electron chi connectivity index (χ0n) is 9.18. The summed E-state index contributed by atoms with van der Waals surface area (Å²) in [4.78, 5) is 4.65. The van der Waals surface area contributed by atoms with Gasteiger partial charge >= 0.3 is 0 Å². The summed E-state index contributed by atoms with van der Waals surface area (Å²) >= 11 is 3.12. The Kier molecular flexibility index (Phi) is 2.58. The van der Waals surface area contributed by atoms with E-state index in [4.69, 9.17) is 9.15 Å². The number of aryl methyl sites for hydroxylation is 1. The molecular formula is C11H10BrN3O2. The molecule has 88 valence electrons. The Bertz CT molecular complexity index is 551. The number of rotatable bonds is 3. The van der Waals surface area contributed by atoms with Crippen molar-refractivity contribution < 1.29 is 9.15 Å². The summed E-state index contributed by atoms with van der Waals surface area (Å²) in [5.74, 6) is 1.21. The summed E-state index contributed by atoms with van der Waals surface area (Å²) < 4.78 is 10.9. The fourth-order valence-electron chi connectivity index (χ4n) is 1.52. The van der Waals surface area contributed by atoms with Crippen molar-refractivity contribution in [3.8, 4) is 17.3 Å². The fraction of sp³-hybridized carbons (Fsp3) is 0.364. The summed E-state index contributed by atoms with van der Waals surface area (Å²) in [5, 5.41) is 7.63. The number of ether oxygens (including phenoxy) is 1. The minimum absolute atomic E-state index is 0.354. The normalized spacial score (nSPS) is 14.9. The van der Waals surface area contributed by atoms with Crippen molar-refractivity contribution in [3.05, 3.63) is 22.6 Å². The molecular weight excluding hydrogens is 286 g/mol. The van der Waals surface area contributed by atoms with E-state index in [1.165, 1.54) is 0 Å². The summed E-state index contributed by atoms with van der Waals surface area (Å²) in [7, 11) is 0. The molecule has 0 aromatic carbocycles. The van der Waals surface area contributed by atoms with Gasteiger partial charge in [0.05, 0.1) is 12.3 Å². The van der Waals surface area contributed by atoms with E-state index in [1.807, 2.05) is 13.0 Å². The van der Waals surface area contributed by atoms with Crippen LogP contribution in [0.4, 0.5) is 0 Å². The van der Waals surface area contributed by atoms with Gasteiger partial charge in [0.2, 0.25) is 0 Å². The quantitative estimate of drug-likeness (QED) is 0.871. The van der Waals surface area contributed by atoms with Crippen molar-refractivity contribution >= 4 is 15.9 Å². The van der Waals surface area contributed by atoms with E-state index >= 15 is 0 Å². The van der Waals surface area contributed by atoms with Crippen LogP contribution in [0.25, 0.3) is 11.6 Å². The first-order chi connectivity index (χ1) is 8.22. The van der Waals surface area contributed by atoms with Crippen LogP contribution in [-0.4, -0.2) is 21.3 Å². The van der Waals surface area contributed by atoms with E-state index in [-0.39, 0.29) is 0 Å². The highest BCUT2D eigenvalue weighted by Crippen LogP contribution is 2.29. The van der Waals surface area contributed by atoms with E-state index in [9.17, 15) is 0 Å². The zero-order valence-corrected chi connectivity index (χ0v) is 10.8. The van der Waals surface area contributed by atoms with Crippen molar-refractivity contribution in [2.75, 3.05) is 0 Å². The van der Waals surface area contributed by atoms with Crippen LogP contribution in [0.2, 0.25) is 0 Å². The van der Waals surface area contributed by atoms with E-state index in [0.29, 0.717) is 22.5 Å². The number of nitrogens with zero attached hydrogens (tertiary/aromatic N) is 3. The lowest BCUT2D eigenvalue weighted by molar-refractivity contribution is 0.302. The van der Waals surface area contributed by atoms with Crippen molar-refractivity contribution in [2.45, 2.75) is 25.9 Å². The van der Waals surface area contributed by atoms with Crippen LogP contribution >= 0.6 is 15.9 Å². The van der Waals surface area contributed by atoms with Gasteiger partial charge in [-0.25, -0.2) is 4.98 Å². The van der Waals surface area contributed by atoms with Gasteiger partial charge in [0.1, 0.15) is 11.4 Å². The molecule has 0 saturated heterocycles. The fourth-order valence-corrected chi connectivity index (χ4v) is 1.75. The number of hydrogen-bond donors (Lipinski definition) is 0. The topological polar surface area (TPSA) is 61.0 Å². The maximum absolute atomic E-state index is 5.66. The monoisotopic (exact) mass is 295 g/mol. The molecule has 5 nitrogen and oxygen atoms in total. The maximum Gasteiger partial charge on any atom is 0.285 e. The molecule has 0 N–H and O–H groups in total. The molecule has 0 amide bonds. The third kappa shape index (κ3) is 2.31. The zero-order chi connectivity index (χ0) is 11.8. The lowest BCUT2D eigenvalue weighted by Gasteiger charge is -2.06. The number of aromatic nitrogens is 3. The first kappa shape index (κ1) is 10.7. The lowest BCUT2D eigenvalue weighted by atomic mass is 10.2. The molecule has 2 aromatic rings. The number of pyridine rings is 1.